The minimum atomic E-state index is 1.17. The van der Waals surface area contributed by atoms with Gasteiger partial charge in [0.15, 0.2) is 0 Å². The molecule has 2 heterocycles. The van der Waals surface area contributed by atoms with Gasteiger partial charge in [-0.2, -0.15) is 0 Å². The lowest BCUT2D eigenvalue weighted by atomic mass is 9.81. The van der Waals surface area contributed by atoms with Gasteiger partial charge >= 0.3 is 0 Å². The molecule has 0 amide bonds. The maximum atomic E-state index is 2.49. The Bertz CT molecular complexity index is 3470. The number of para-hydroxylation sites is 1. The van der Waals surface area contributed by atoms with E-state index in [-0.39, 0.29) is 0 Å². The molecule has 0 N–H and O–H groups in total. The van der Waals surface area contributed by atoms with E-state index >= 15 is 0 Å². The van der Waals surface area contributed by atoms with Crippen LogP contribution in [0.15, 0.2) is 152 Å². The maximum Gasteiger partial charge on any atom is 0.0541 e. The van der Waals surface area contributed by atoms with Gasteiger partial charge in [0, 0.05) is 36.6 Å². The number of hydrogen-bond acceptors (Lipinski definition) is 1. The SMILES string of the molecule is Cc1cc(C)c(-c2c3ccccc3c(-c3c(C)cc(C)cc3C)c3cc(-n4c5ccccc5c5cc(-c6cccc7c6sc6ccccc67)ccc54)ccc23)c(C)c1. The van der Waals surface area contributed by atoms with E-state index in [1.807, 2.05) is 11.3 Å². The van der Waals surface area contributed by atoms with Crippen LogP contribution in [0.5, 0.6) is 0 Å². The Balaban J connectivity index is 1.22. The van der Waals surface area contributed by atoms with Crippen LogP contribution in [0.4, 0.5) is 0 Å². The highest BCUT2D eigenvalue weighted by atomic mass is 32.1. The lowest BCUT2D eigenvalue weighted by molar-refractivity contribution is 1.19. The minimum Gasteiger partial charge on any atom is -0.309 e. The fourth-order valence-corrected chi connectivity index (χ4v) is 11.6. The molecule has 0 bridgehead atoms. The normalized spacial score (nSPS) is 12.0. The van der Waals surface area contributed by atoms with Gasteiger partial charge in [0.05, 0.1) is 11.0 Å². The molecular weight excluding hydrogens is 719 g/mol. The molecule has 11 aromatic rings. The van der Waals surface area contributed by atoms with Gasteiger partial charge in [-0.25, -0.2) is 0 Å². The van der Waals surface area contributed by atoms with Gasteiger partial charge in [-0.1, -0.05) is 126 Å². The van der Waals surface area contributed by atoms with Crippen LogP contribution in [0.25, 0.3) is 103 Å². The van der Waals surface area contributed by atoms with Crippen molar-refractivity contribution in [3.05, 3.63) is 185 Å². The van der Waals surface area contributed by atoms with E-state index in [0.717, 1.165) is 0 Å². The van der Waals surface area contributed by atoms with Crippen LogP contribution in [0, 0.1) is 41.5 Å². The van der Waals surface area contributed by atoms with Crippen LogP contribution in [-0.4, -0.2) is 4.57 Å². The predicted octanol–water partition coefficient (Wildman–Crippen LogP) is 16.3. The molecule has 0 atom stereocenters. The average molecular weight is 762 g/mol. The summed E-state index contributed by atoms with van der Waals surface area (Å²) >= 11 is 1.89. The summed E-state index contributed by atoms with van der Waals surface area (Å²) < 4.78 is 5.17. The number of aromatic nitrogens is 1. The van der Waals surface area contributed by atoms with E-state index in [2.05, 4.69) is 198 Å². The van der Waals surface area contributed by atoms with Crippen LogP contribution < -0.4 is 0 Å². The molecule has 0 aliphatic carbocycles. The molecule has 58 heavy (non-hydrogen) atoms. The Morgan fingerprint density at radius 1 is 0.362 bits per heavy atom. The molecule has 2 aromatic heterocycles. The van der Waals surface area contributed by atoms with Crippen LogP contribution >= 0.6 is 11.3 Å². The fraction of sp³-hybridized carbons (Fsp3) is 0.107. The molecule has 0 aliphatic heterocycles. The molecule has 0 unspecified atom stereocenters. The summed E-state index contributed by atoms with van der Waals surface area (Å²) in [5.74, 6) is 0. The number of thiophene rings is 1. The van der Waals surface area contributed by atoms with Crippen molar-refractivity contribution in [2.45, 2.75) is 41.5 Å². The summed E-state index contributed by atoms with van der Waals surface area (Å²) in [5.41, 5.74) is 19.3. The van der Waals surface area contributed by atoms with E-state index in [1.54, 1.807) is 0 Å². The van der Waals surface area contributed by atoms with Gasteiger partial charge in [0.2, 0.25) is 0 Å². The van der Waals surface area contributed by atoms with E-state index in [1.165, 1.54) is 136 Å². The monoisotopic (exact) mass is 761 g/mol. The Kier molecular flexibility index (Phi) is 7.80. The van der Waals surface area contributed by atoms with Gasteiger partial charge in [-0.3, -0.25) is 0 Å². The van der Waals surface area contributed by atoms with Crippen molar-refractivity contribution >= 4 is 74.9 Å². The van der Waals surface area contributed by atoms with Crippen LogP contribution in [-0.2, 0) is 0 Å². The molecule has 0 saturated heterocycles. The second-order valence-electron chi connectivity index (χ2n) is 16.4. The minimum absolute atomic E-state index is 1.17. The molecule has 278 valence electrons. The molecular formula is C56H43NS. The zero-order valence-corrected chi connectivity index (χ0v) is 34.6. The summed E-state index contributed by atoms with van der Waals surface area (Å²) in [4.78, 5) is 0. The van der Waals surface area contributed by atoms with Crippen molar-refractivity contribution in [2.75, 3.05) is 0 Å². The van der Waals surface area contributed by atoms with Crippen molar-refractivity contribution in [3.8, 4) is 39.1 Å². The number of nitrogens with zero attached hydrogens (tertiary/aromatic N) is 1. The van der Waals surface area contributed by atoms with E-state index in [4.69, 9.17) is 0 Å². The van der Waals surface area contributed by atoms with Crippen LogP contribution in [0.2, 0.25) is 0 Å². The first-order valence-electron chi connectivity index (χ1n) is 20.3. The Morgan fingerprint density at radius 2 is 0.897 bits per heavy atom. The summed E-state index contributed by atoms with van der Waals surface area (Å²) in [6.07, 6.45) is 0. The number of rotatable bonds is 4. The second kappa shape index (κ2) is 13.0. The lowest BCUT2D eigenvalue weighted by Gasteiger charge is -2.23. The number of fused-ring (bicyclic) bond motifs is 8. The zero-order chi connectivity index (χ0) is 39.4. The largest absolute Gasteiger partial charge is 0.309 e. The van der Waals surface area contributed by atoms with Gasteiger partial charge < -0.3 is 4.57 Å². The van der Waals surface area contributed by atoms with Crippen LogP contribution in [0.1, 0.15) is 33.4 Å². The third-order valence-electron chi connectivity index (χ3n) is 12.5. The van der Waals surface area contributed by atoms with E-state index < -0.39 is 0 Å². The van der Waals surface area contributed by atoms with E-state index in [0.29, 0.717) is 0 Å². The molecule has 0 spiro atoms. The quantitative estimate of drug-likeness (QED) is 0.157. The molecule has 2 heteroatoms. The molecule has 0 radical (unpaired) electrons. The number of benzene rings is 9. The third kappa shape index (κ3) is 5.15. The summed E-state index contributed by atoms with van der Waals surface area (Å²) in [6, 6.07) is 57.3. The van der Waals surface area contributed by atoms with Gasteiger partial charge in [0.25, 0.3) is 0 Å². The molecule has 9 aromatic carbocycles. The molecule has 1 nitrogen and oxygen atoms in total. The first-order chi connectivity index (χ1) is 28.2. The Hall–Kier alpha value is -6.48. The predicted molar refractivity (Wildman–Crippen MR) is 253 cm³/mol. The van der Waals surface area contributed by atoms with E-state index in [9.17, 15) is 0 Å². The van der Waals surface area contributed by atoms with Crippen molar-refractivity contribution < 1.29 is 0 Å². The number of hydrogen-bond donors (Lipinski definition) is 0. The van der Waals surface area contributed by atoms with Crippen molar-refractivity contribution in [1.29, 1.82) is 0 Å². The van der Waals surface area contributed by atoms with Crippen molar-refractivity contribution in [1.82, 2.24) is 4.57 Å². The lowest BCUT2D eigenvalue weighted by Crippen LogP contribution is -1.99. The fourth-order valence-electron chi connectivity index (χ4n) is 10.4. The van der Waals surface area contributed by atoms with Gasteiger partial charge in [-0.05, 0) is 155 Å². The first-order valence-corrected chi connectivity index (χ1v) is 21.2. The standard InChI is InChI=1S/C56H43NS/c1-32-26-34(3)52(35(4)27-32)54-43-16-7-8-17-44(43)55(53-36(5)28-33(2)29-37(53)6)48-31-39(23-24-45(48)54)57-49-20-11-9-14-41(49)47-30-38(22-25-50(47)57)40-18-13-19-46-42-15-10-12-21-51(42)58-56(40)46/h7-31H,1-6H3. The van der Waals surface area contributed by atoms with Gasteiger partial charge in [-0.15, -0.1) is 11.3 Å². The second-order valence-corrected chi connectivity index (χ2v) is 17.5. The highest BCUT2D eigenvalue weighted by molar-refractivity contribution is 7.26. The highest BCUT2D eigenvalue weighted by Crippen LogP contribution is 2.48. The van der Waals surface area contributed by atoms with Gasteiger partial charge in [0.1, 0.15) is 0 Å². The molecule has 0 fully saturated rings. The molecule has 0 aliphatic rings. The highest BCUT2D eigenvalue weighted by Gasteiger charge is 2.23. The third-order valence-corrected chi connectivity index (χ3v) is 13.7. The van der Waals surface area contributed by atoms with Crippen molar-refractivity contribution in [2.24, 2.45) is 0 Å². The van der Waals surface area contributed by atoms with Crippen molar-refractivity contribution in [3.63, 3.8) is 0 Å². The Morgan fingerprint density at radius 3 is 1.57 bits per heavy atom. The summed E-state index contributed by atoms with van der Waals surface area (Å²) in [6.45, 7) is 13.5. The zero-order valence-electron chi connectivity index (χ0n) is 33.8. The Labute approximate surface area is 343 Å². The molecule has 11 rings (SSSR count). The maximum absolute atomic E-state index is 2.49. The summed E-state index contributed by atoms with van der Waals surface area (Å²) in [7, 11) is 0. The average Bonchev–Trinajstić information content (AvgIpc) is 3.76. The molecule has 0 saturated carbocycles. The number of aryl methyl sites for hydroxylation is 6. The smallest absolute Gasteiger partial charge is 0.0541 e. The first kappa shape index (κ1) is 34.7. The summed E-state index contributed by atoms with van der Waals surface area (Å²) in [5, 5.41) is 10.3. The topological polar surface area (TPSA) is 4.93 Å². The van der Waals surface area contributed by atoms with Crippen LogP contribution in [0.3, 0.4) is 0 Å².